The van der Waals surface area contributed by atoms with E-state index in [4.69, 9.17) is 0 Å². The van der Waals surface area contributed by atoms with Gasteiger partial charge in [0, 0.05) is 11.6 Å². The Morgan fingerprint density at radius 1 is 1.35 bits per heavy atom. The zero-order chi connectivity index (χ0) is 15.0. The highest BCUT2D eigenvalue weighted by molar-refractivity contribution is 5.95. The molecule has 0 saturated heterocycles. The highest BCUT2D eigenvalue weighted by Gasteiger charge is 2.37. The van der Waals surface area contributed by atoms with Crippen LogP contribution in [0.4, 0.5) is 18.9 Å². The third-order valence-corrected chi connectivity index (χ3v) is 3.73. The molecule has 1 amide bonds. The Morgan fingerprint density at radius 2 is 1.95 bits per heavy atom. The standard InChI is InChI=1S/C13H15F3N2O2/c1-12(4-2-3-5-12)11(20)18-9-6-8(13(14,15)16)7-17-10(9)19/h6-7H,2-5H2,1H3,(H,17,19)(H,18,20). The summed E-state index contributed by atoms with van der Waals surface area (Å²) in [6, 6.07) is 0.662. The van der Waals surface area contributed by atoms with E-state index < -0.39 is 28.6 Å². The van der Waals surface area contributed by atoms with E-state index in [0.29, 0.717) is 25.1 Å². The maximum absolute atomic E-state index is 12.6. The number of hydrogen-bond acceptors (Lipinski definition) is 2. The summed E-state index contributed by atoms with van der Waals surface area (Å²) < 4.78 is 37.7. The number of alkyl halides is 3. The van der Waals surface area contributed by atoms with E-state index >= 15 is 0 Å². The fraction of sp³-hybridized carbons (Fsp3) is 0.538. The lowest BCUT2D eigenvalue weighted by molar-refractivity contribution is -0.137. The number of hydrogen-bond donors (Lipinski definition) is 2. The number of carbonyl (C=O) groups excluding carboxylic acids is 1. The van der Waals surface area contributed by atoms with E-state index in [9.17, 15) is 22.8 Å². The minimum Gasteiger partial charge on any atom is -0.327 e. The van der Waals surface area contributed by atoms with Gasteiger partial charge < -0.3 is 10.3 Å². The van der Waals surface area contributed by atoms with Crippen LogP contribution in [0.25, 0.3) is 0 Å². The second kappa shape index (κ2) is 4.96. The van der Waals surface area contributed by atoms with Crippen LogP contribution in [0.5, 0.6) is 0 Å². The maximum Gasteiger partial charge on any atom is 0.417 e. The van der Waals surface area contributed by atoms with E-state index in [2.05, 4.69) is 5.32 Å². The molecular weight excluding hydrogens is 273 g/mol. The van der Waals surface area contributed by atoms with Crippen molar-refractivity contribution in [3.8, 4) is 0 Å². The van der Waals surface area contributed by atoms with Crippen molar-refractivity contribution in [2.75, 3.05) is 5.32 Å². The van der Waals surface area contributed by atoms with Crippen molar-refractivity contribution < 1.29 is 18.0 Å². The van der Waals surface area contributed by atoms with Gasteiger partial charge in [-0.3, -0.25) is 9.59 Å². The van der Waals surface area contributed by atoms with Crippen LogP contribution in [-0.4, -0.2) is 10.9 Å². The van der Waals surface area contributed by atoms with Gasteiger partial charge in [-0.05, 0) is 18.9 Å². The molecule has 2 N–H and O–H groups in total. The monoisotopic (exact) mass is 288 g/mol. The highest BCUT2D eigenvalue weighted by atomic mass is 19.4. The van der Waals surface area contributed by atoms with Crippen molar-refractivity contribution in [1.29, 1.82) is 0 Å². The number of pyridine rings is 1. The van der Waals surface area contributed by atoms with Crippen molar-refractivity contribution >= 4 is 11.6 Å². The molecule has 4 nitrogen and oxygen atoms in total. The fourth-order valence-corrected chi connectivity index (χ4v) is 2.40. The average molecular weight is 288 g/mol. The van der Waals surface area contributed by atoms with E-state index in [1.807, 2.05) is 4.98 Å². The zero-order valence-electron chi connectivity index (χ0n) is 10.9. The lowest BCUT2D eigenvalue weighted by atomic mass is 9.88. The Bertz CT molecular complexity index is 572. The molecule has 0 radical (unpaired) electrons. The molecule has 7 heteroatoms. The maximum atomic E-state index is 12.6. The molecule has 2 rings (SSSR count). The Balaban J connectivity index is 2.25. The van der Waals surface area contributed by atoms with Crippen LogP contribution >= 0.6 is 0 Å². The summed E-state index contributed by atoms with van der Waals surface area (Å²) in [7, 11) is 0. The molecule has 110 valence electrons. The number of amides is 1. The number of carbonyl (C=O) groups is 1. The predicted octanol–water partition coefficient (Wildman–Crippen LogP) is 2.91. The first-order chi connectivity index (χ1) is 9.22. The molecule has 1 aliphatic carbocycles. The van der Waals surface area contributed by atoms with Crippen LogP contribution in [-0.2, 0) is 11.0 Å². The minimum absolute atomic E-state index is 0.363. The van der Waals surface area contributed by atoms with Crippen molar-refractivity contribution in [3.63, 3.8) is 0 Å². The second-order valence-corrected chi connectivity index (χ2v) is 5.35. The van der Waals surface area contributed by atoms with E-state index in [1.54, 1.807) is 6.92 Å². The second-order valence-electron chi connectivity index (χ2n) is 5.35. The fourth-order valence-electron chi connectivity index (χ4n) is 2.40. The first-order valence-corrected chi connectivity index (χ1v) is 6.34. The van der Waals surface area contributed by atoms with E-state index in [0.717, 1.165) is 12.8 Å². The lowest BCUT2D eigenvalue weighted by Crippen LogP contribution is -2.33. The quantitative estimate of drug-likeness (QED) is 0.879. The molecule has 1 aromatic rings. The highest BCUT2D eigenvalue weighted by Crippen LogP contribution is 2.38. The number of nitrogens with one attached hydrogen (secondary N) is 2. The van der Waals surface area contributed by atoms with Gasteiger partial charge in [-0.15, -0.1) is 0 Å². The predicted molar refractivity (Wildman–Crippen MR) is 67.3 cm³/mol. The van der Waals surface area contributed by atoms with Crippen molar-refractivity contribution in [2.24, 2.45) is 5.41 Å². The largest absolute Gasteiger partial charge is 0.417 e. The Hall–Kier alpha value is -1.79. The molecule has 0 bridgehead atoms. The molecule has 0 aliphatic heterocycles. The summed E-state index contributed by atoms with van der Waals surface area (Å²) in [6.45, 7) is 1.76. The van der Waals surface area contributed by atoms with Crippen LogP contribution in [0.1, 0.15) is 38.2 Å². The van der Waals surface area contributed by atoms with Gasteiger partial charge in [-0.25, -0.2) is 0 Å². The molecule has 0 atom stereocenters. The number of rotatable bonds is 2. The zero-order valence-corrected chi connectivity index (χ0v) is 10.9. The third-order valence-electron chi connectivity index (χ3n) is 3.73. The minimum atomic E-state index is -4.57. The smallest absolute Gasteiger partial charge is 0.327 e. The van der Waals surface area contributed by atoms with Gasteiger partial charge in [0.15, 0.2) is 0 Å². The summed E-state index contributed by atoms with van der Waals surface area (Å²) in [5.74, 6) is -0.403. The number of anilines is 1. The molecule has 1 fully saturated rings. The van der Waals surface area contributed by atoms with Crippen molar-refractivity contribution in [1.82, 2.24) is 4.98 Å². The molecule has 1 saturated carbocycles. The number of aromatic nitrogens is 1. The summed E-state index contributed by atoms with van der Waals surface area (Å²) in [5.41, 5.74) is -2.71. The molecule has 20 heavy (non-hydrogen) atoms. The SMILES string of the molecule is CC1(C(=O)Nc2cc(C(F)(F)F)c[nH]c2=O)CCCC1. The van der Waals surface area contributed by atoms with Crippen LogP contribution in [0, 0.1) is 5.41 Å². The van der Waals surface area contributed by atoms with Gasteiger partial charge >= 0.3 is 6.18 Å². The Kier molecular flexibility index (Phi) is 3.62. The van der Waals surface area contributed by atoms with Gasteiger partial charge in [-0.1, -0.05) is 19.8 Å². The first-order valence-electron chi connectivity index (χ1n) is 6.34. The molecule has 1 aromatic heterocycles. The van der Waals surface area contributed by atoms with Crippen LogP contribution < -0.4 is 10.9 Å². The number of aromatic amines is 1. The van der Waals surface area contributed by atoms with E-state index in [1.165, 1.54) is 0 Å². The molecular formula is C13H15F3N2O2. The third kappa shape index (κ3) is 2.86. The normalized spacial score (nSPS) is 18.0. The summed E-state index contributed by atoms with van der Waals surface area (Å²) >= 11 is 0. The Morgan fingerprint density at radius 3 is 2.50 bits per heavy atom. The lowest BCUT2D eigenvalue weighted by Gasteiger charge is -2.22. The first kappa shape index (κ1) is 14.6. The van der Waals surface area contributed by atoms with Crippen LogP contribution in [0.2, 0.25) is 0 Å². The topological polar surface area (TPSA) is 62.0 Å². The molecule has 1 heterocycles. The number of H-pyrrole nitrogens is 1. The summed E-state index contributed by atoms with van der Waals surface area (Å²) in [6.07, 6.45) is -0.812. The number of halogens is 3. The Labute approximate surface area is 113 Å². The van der Waals surface area contributed by atoms with Gasteiger partial charge in [-0.2, -0.15) is 13.2 Å². The van der Waals surface area contributed by atoms with Gasteiger partial charge in [0.25, 0.3) is 5.56 Å². The molecule has 0 aromatic carbocycles. The van der Waals surface area contributed by atoms with Gasteiger partial charge in [0.2, 0.25) is 5.91 Å². The van der Waals surface area contributed by atoms with E-state index in [-0.39, 0.29) is 5.69 Å². The van der Waals surface area contributed by atoms with Gasteiger partial charge in [0.1, 0.15) is 5.69 Å². The summed E-state index contributed by atoms with van der Waals surface area (Å²) in [5, 5.41) is 2.32. The van der Waals surface area contributed by atoms with Crippen molar-refractivity contribution in [2.45, 2.75) is 38.8 Å². The van der Waals surface area contributed by atoms with Crippen molar-refractivity contribution in [3.05, 3.63) is 28.2 Å². The van der Waals surface area contributed by atoms with Crippen LogP contribution in [0.15, 0.2) is 17.1 Å². The van der Waals surface area contributed by atoms with Gasteiger partial charge in [0.05, 0.1) is 5.56 Å². The molecule has 1 aliphatic rings. The van der Waals surface area contributed by atoms with Crippen LogP contribution in [0.3, 0.4) is 0 Å². The average Bonchev–Trinajstić information content (AvgIpc) is 2.79. The molecule has 0 spiro atoms. The summed E-state index contributed by atoms with van der Waals surface area (Å²) in [4.78, 5) is 25.6. The molecule has 0 unspecified atom stereocenters.